The average Bonchev–Trinajstić information content (AvgIpc) is 2.76. The monoisotopic (exact) mass is 285 g/mol. The third kappa shape index (κ3) is 2.34. The number of hydrogen-bond acceptors (Lipinski definition) is 4. The molecule has 0 saturated carbocycles. The highest BCUT2D eigenvalue weighted by molar-refractivity contribution is 6.63. The lowest BCUT2D eigenvalue weighted by Gasteiger charge is -2.32. The molecule has 0 aromatic heterocycles. The SMILES string of the molecule is [2H]c1c([2H])c([2H])c(B2OC(C)(C)C(C)(C)O2)c(OC2([2H])C([2H])([2H])OC2([2H])[2H])c1[2H]. The molecule has 0 aliphatic carbocycles. The van der Waals surface area contributed by atoms with Gasteiger partial charge in [0.15, 0.2) is 0 Å². The van der Waals surface area contributed by atoms with Crippen molar-refractivity contribution >= 4 is 12.6 Å². The van der Waals surface area contributed by atoms with Gasteiger partial charge in [0.1, 0.15) is 11.8 Å². The quantitative estimate of drug-likeness (QED) is 0.793. The van der Waals surface area contributed by atoms with Crippen molar-refractivity contribution in [1.29, 1.82) is 0 Å². The van der Waals surface area contributed by atoms with Gasteiger partial charge in [0.2, 0.25) is 0 Å². The third-order valence-electron chi connectivity index (χ3n) is 3.66. The molecule has 0 amide bonds. The van der Waals surface area contributed by atoms with Crippen LogP contribution in [0.3, 0.4) is 0 Å². The van der Waals surface area contributed by atoms with Crippen LogP contribution in [0.1, 0.15) is 40.0 Å². The van der Waals surface area contributed by atoms with Crippen LogP contribution in [0.4, 0.5) is 0 Å². The van der Waals surface area contributed by atoms with Gasteiger partial charge in [-0.15, -0.1) is 0 Å². The van der Waals surface area contributed by atoms with Crippen LogP contribution in [-0.2, 0) is 14.0 Å². The van der Waals surface area contributed by atoms with Gasteiger partial charge < -0.3 is 18.8 Å². The average molecular weight is 285 g/mol. The Labute approximate surface area is 133 Å². The van der Waals surface area contributed by atoms with E-state index in [1.165, 1.54) is 0 Å². The van der Waals surface area contributed by atoms with Crippen LogP contribution in [-0.4, -0.2) is 37.5 Å². The minimum atomic E-state index is -2.92. The Balaban J connectivity index is 2.18. The van der Waals surface area contributed by atoms with E-state index in [2.05, 4.69) is 4.74 Å². The van der Waals surface area contributed by atoms with Crippen molar-refractivity contribution in [3.05, 3.63) is 24.2 Å². The summed E-state index contributed by atoms with van der Waals surface area (Å²) in [4.78, 5) is 0. The van der Waals surface area contributed by atoms with Gasteiger partial charge in [-0.3, -0.25) is 0 Å². The number of rotatable bonds is 3. The molecule has 0 unspecified atom stereocenters. The standard InChI is InChI=1S/C15H21BO4/c1-14(2)15(3,4)20-16(19-14)12-7-5-6-8-13(12)18-11-9-17-10-11/h5-8,11H,9-10H2,1-4H3/i5D,6D,7D,8D,9D2,10D2,11D. The first-order valence-electron chi connectivity index (χ1n) is 10.7. The molecule has 4 nitrogen and oxygen atoms in total. The molecule has 1 aromatic rings. The lowest BCUT2D eigenvalue weighted by molar-refractivity contribution is -0.0793. The summed E-state index contributed by atoms with van der Waals surface area (Å²) in [6.07, 6.45) is -2.92. The first kappa shape index (κ1) is 6.82. The van der Waals surface area contributed by atoms with Gasteiger partial charge >= 0.3 is 7.12 Å². The molecule has 1 aromatic carbocycles. The van der Waals surface area contributed by atoms with Gasteiger partial charge in [-0.1, -0.05) is 18.1 Å². The zero-order valence-electron chi connectivity index (χ0n) is 20.7. The van der Waals surface area contributed by atoms with Crippen molar-refractivity contribution in [2.24, 2.45) is 0 Å². The van der Waals surface area contributed by atoms with E-state index in [4.69, 9.17) is 26.4 Å². The van der Waals surface area contributed by atoms with Crippen molar-refractivity contribution < 1.29 is 31.1 Å². The smallest absolute Gasteiger partial charge is 0.486 e. The first-order chi connectivity index (χ1) is 12.9. The fourth-order valence-electron chi connectivity index (χ4n) is 1.75. The topological polar surface area (TPSA) is 36.9 Å². The second-order valence-corrected chi connectivity index (χ2v) is 5.57. The number of hydrogen-bond donors (Lipinski definition) is 0. The number of ether oxygens (including phenoxy) is 2. The van der Waals surface area contributed by atoms with Gasteiger partial charge in [-0.25, -0.2) is 0 Å². The molecule has 2 aliphatic heterocycles. The van der Waals surface area contributed by atoms with Crippen molar-refractivity contribution in [3.8, 4) is 5.75 Å². The maximum atomic E-state index is 8.27. The molecule has 0 bridgehead atoms. The van der Waals surface area contributed by atoms with Gasteiger partial charge in [-0.05, 0) is 33.7 Å². The van der Waals surface area contributed by atoms with E-state index in [0.717, 1.165) is 0 Å². The molecular formula is C15H21BO4. The Morgan fingerprint density at radius 1 is 1.25 bits per heavy atom. The van der Waals surface area contributed by atoms with E-state index >= 15 is 0 Å². The molecule has 20 heavy (non-hydrogen) atoms. The minimum absolute atomic E-state index is 0.278. The fourth-order valence-corrected chi connectivity index (χ4v) is 1.75. The summed E-state index contributed by atoms with van der Waals surface area (Å²) in [5.41, 5.74) is -1.99. The third-order valence-corrected chi connectivity index (χ3v) is 3.66. The summed E-state index contributed by atoms with van der Waals surface area (Å²) in [7, 11) is -1.31. The lowest BCUT2D eigenvalue weighted by atomic mass is 9.78. The van der Waals surface area contributed by atoms with Crippen LogP contribution >= 0.6 is 0 Å². The largest absolute Gasteiger partial charge is 0.498 e. The minimum Gasteiger partial charge on any atom is -0.486 e. The molecule has 0 radical (unpaired) electrons. The van der Waals surface area contributed by atoms with E-state index < -0.39 is 67.4 Å². The highest BCUT2D eigenvalue weighted by Crippen LogP contribution is 2.37. The summed E-state index contributed by atoms with van der Waals surface area (Å²) < 4.78 is 92.7. The number of benzene rings is 1. The van der Waals surface area contributed by atoms with Crippen molar-refractivity contribution in [3.63, 3.8) is 0 Å². The number of para-hydroxylation sites is 1. The Morgan fingerprint density at radius 2 is 1.85 bits per heavy atom. The van der Waals surface area contributed by atoms with Gasteiger partial charge in [0.05, 0.1) is 36.7 Å². The Hall–Kier alpha value is -1.04. The van der Waals surface area contributed by atoms with Crippen LogP contribution in [0, 0.1) is 0 Å². The highest BCUT2D eigenvalue weighted by atomic mass is 16.7. The zero-order chi connectivity index (χ0) is 22.4. The molecule has 0 spiro atoms. The van der Waals surface area contributed by atoms with E-state index in [9.17, 15) is 0 Å². The zero-order valence-corrected chi connectivity index (χ0v) is 11.7. The second-order valence-electron chi connectivity index (χ2n) is 5.57. The fraction of sp³-hybridized carbons (Fsp3) is 0.600. The predicted molar refractivity (Wildman–Crippen MR) is 77.4 cm³/mol. The molecule has 2 heterocycles. The first-order valence-corrected chi connectivity index (χ1v) is 6.23. The molecule has 3 rings (SSSR count). The lowest BCUT2D eigenvalue weighted by Crippen LogP contribution is -2.42. The maximum absolute atomic E-state index is 8.27. The Kier molecular flexibility index (Phi) is 1.62. The van der Waals surface area contributed by atoms with Crippen LogP contribution in [0.2, 0.25) is 0 Å². The molecule has 108 valence electrons. The molecular weight excluding hydrogens is 255 g/mol. The van der Waals surface area contributed by atoms with Crippen molar-refractivity contribution in [1.82, 2.24) is 0 Å². The second kappa shape index (κ2) is 4.76. The highest BCUT2D eigenvalue weighted by Gasteiger charge is 2.52. The van der Waals surface area contributed by atoms with Crippen LogP contribution in [0.15, 0.2) is 24.2 Å². The van der Waals surface area contributed by atoms with E-state index in [1.54, 1.807) is 27.7 Å². The van der Waals surface area contributed by atoms with E-state index in [1.807, 2.05) is 0 Å². The predicted octanol–water partition coefficient (Wildman–Crippen LogP) is 1.76. The normalized spacial score (nSPS) is 37.6. The van der Waals surface area contributed by atoms with E-state index in [-0.39, 0.29) is 5.46 Å². The molecule has 0 N–H and O–H groups in total. The molecule has 5 heteroatoms. The van der Waals surface area contributed by atoms with Crippen LogP contribution in [0.25, 0.3) is 0 Å². The molecule has 2 aliphatic rings. The summed E-state index contributed by atoms with van der Waals surface area (Å²) in [6, 6.07) is -2.54. The van der Waals surface area contributed by atoms with Crippen LogP contribution < -0.4 is 10.2 Å². The molecule has 2 fully saturated rings. The van der Waals surface area contributed by atoms with Crippen molar-refractivity contribution in [2.45, 2.75) is 45.0 Å². The molecule has 2 saturated heterocycles. The summed E-state index contributed by atoms with van der Waals surface area (Å²) in [6.45, 7) is 1.23. The van der Waals surface area contributed by atoms with Gasteiger partial charge in [-0.2, -0.15) is 0 Å². The van der Waals surface area contributed by atoms with Crippen LogP contribution in [0.5, 0.6) is 5.75 Å². The summed E-state index contributed by atoms with van der Waals surface area (Å²) >= 11 is 0. The summed E-state index contributed by atoms with van der Waals surface area (Å²) in [5, 5.41) is 0. The Bertz CT molecular complexity index is 844. The Morgan fingerprint density at radius 3 is 2.45 bits per heavy atom. The van der Waals surface area contributed by atoms with Gasteiger partial charge in [0, 0.05) is 5.46 Å². The summed E-state index contributed by atoms with van der Waals surface area (Å²) in [5.74, 6) is -0.624. The van der Waals surface area contributed by atoms with Crippen molar-refractivity contribution in [2.75, 3.05) is 13.1 Å². The van der Waals surface area contributed by atoms with Gasteiger partial charge in [0.25, 0.3) is 0 Å². The maximum Gasteiger partial charge on any atom is 0.498 e. The molecule has 0 atom stereocenters. The van der Waals surface area contributed by atoms with E-state index in [0.29, 0.717) is 0 Å².